The van der Waals surface area contributed by atoms with E-state index in [2.05, 4.69) is 10.3 Å². The maximum atomic E-state index is 12.8. The number of likely N-dealkylation sites (N-methyl/N-ethyl adjacent to an activating group) is 1. The van der Waals surface area contributed by atoms with Gasteiger partial charge in [-0.25, -0.2) is 4.79 Å². The van der Waals surface area contributed by atoms with Crippen molar-refractivity contribution < 1.29 is 4.79 Å². The maximum absolute atomic E-state index is 12.8. The molecule has 0 radical (unpaired) electrons. The van der Waals surface area contributed by atoms with Gasteiger partial charge >= 0.3 is 6.03 Å². The number of urea groups is 1. The number of carbonyl (C=O) groups is 1. The van der Waals surface area contributed by atoms with Crippen LogP contribution in [0.3, 0.4) is 0 Å². The van der Waals surface area contributed by atoms with E-state index in [-0.39, 0.29) is 30.8 Å². The number of halogens is 2. The highest BCUT2D eigenvalue weighted by Crippen LogP contribution is 2.26. The molecule has 1 aromatic heterocycles. The highest BCUT2D eigenvalue weighted by molar-refractivity contribution is 5.91. The van der Waals surface area contributed by atoms with Gasteiger partial charge in [-0.2, -0.15) is 0 Å². The third kappa shape index (κ3) is 7.80. The molecule has 1 aliphatic carbocycles. The number of hydrogen-bond acceptors (Lipinski definition) is 3. The van der Waals surface area contributed by atoms with Crippen LogP contribution in [0.4, 0.5) is 10.5 Å². The lowest BCUT2D eigenvalue weighted by molar-refractivity contribution is 0.198. The van der Waals surface area contributed by atoms with E-state index in [0.29, 0.717) is 0 Å². The summed E-state index contributed by atoms with van der Waals surface area (Å²) in [5, 5.41) is 3.15. The van der Waals surface area contributed by atoms with Gasteiger partial charge in [0, 0.05) is 44.8 Å². The van der Waals surface area contributed by atoms with Crippen LogP contribution in [0.2, 0.25) is 0 Å². The molecule has 1 fully saturated rings. The minimum atomic E-state index is 0. The van der Waals surface area contributed by atoms with Crippen molar-refractivity contribution in [3.63, 3.8) is 0 Å². The minimum absolute atomic E-state index is 0. The zero-order chi connectivity index (χ0) is 16.5. The second-order valence-corrected chi connectivity index (χ2v) is 6.43. The normalized spacial score (nSPS) is 14.2. The molecular formula is C18H32Cl2N4O. The topological polar surface area (TPSA) is 48.5 Å². The van der Waals surface area contributed by atoms with Crippen LogP contribution in [0.25, 0.3) is 0 Å². The Morgan fingerprint density at radius 1 is 1.16 bits per heavy atom. The van der Waals surface area contributed by atoms with Crippen molar-refractivity contribution in [2.45, 2.75) is 38.5 Å². The fraction of sp³-hybridized carbons (Fsp3) is 0.667. The smallest absolute Gasteiger partial charge is 0.323 e. The molecular weight excluding hydrogens is 359 g/mol. The second kappa shape index (κ2) is 13.2. The molecule has 0 aliphatic heterocycles. The van der Waals surface area contributed by atoms with Gasteiger partial charge in [-0.15, -0.1) is 24.8 Å². The first-order valence-electron chi connectivity index (χ1n) is 8.79. The van der Waals surface area contributed by atoms with Crippen molar-refractivity contribution in [1.82, 2.24) is 15.2 Å². The molecule has 1 heterocycles. The molecule has 2 rings (SSSR count). The summed E-state index contributed by atoms with van der Waals surface area (Å²) in [6, 6.07) is 3.81. The zero-order valence-electron chi connectivity index (χ0n) is 15.3. The summed E-state index contributed by atoms with van der Waals surface area (Å²) in [4.78, 5) is 20.5. The highest BCUT2D eigenvalue weighted by atomic mass is 35.5. The van der Waals surface area contributed by atoms with Gasteiger partial charge in [-0.05, 0) is 31.5 Å². The van der Waals surface area contributed by atoms with Crippen molar-refractivity contribution in [2.24, 2.45) is 5.92 Å². The quantitative estimate of drug-likeness (QED) is 0.765. The van der Waals surface area contributed by atoms with Gasteiger partial charge in [0.15, 0.2) is 0 Å². The molecule has 7 heteroatoms. The lowest BCUT2D eigenvalue weighted by atomic mass is 9.87. The lowest BCUT2D eigenvalue weighted by Gasteiger charge is -2.30. The predicted octanol–water partition coefficient (Wildman–Crippen LogP) is 3.97. The minimum Gasteiger partial charge on any atom is -0.323 e. The van der Waals surface area contributed by atoms with Crippen LogP contribution in [0.5, 0.6) is 0 Å². The Labute approximate surface area is 164 Å². The number of hydrogen-bond donors (Lipinski definition) is 1. The number of aromatic nitrogens is 1. The van der Waals surface area contributed by atoms with E-state index in [1.54, 1.807) is 17.3 Å². The molecule has 5 nitrogen and oxygen atoms in total. The van der Waals surface area contributed by atoms with Crippen LogP contribution in [-0.2, 0) is 0 Å². The van der Waals surface area contributed by atoms with E-state index in [1.807, 2.05) is 31.1 Å². The molecule has 1 saturated carbocycles. The molecule has 0 unspecified atom stereocenters. The van der Waals surface area contributed by atoms with E-state index in [0.717, 1.165) is 37.7 Å². The molecule has 0 saturated heterocycles. The van der Waals surface area contributed by atoms with Gasteiger partial charge in [0.1, 0.15) is 0 Å². The Hall–Kier alpha value is -1.04. The summed E-state index contributed by atoms with van der Waals surface area (Å²) in [7, 11) is 3.76. The first kappa shape index (κ1) is 24.0. The summed E-state index contributed by atoms with van der Waals surface area (Å²) in [6.07, 6.45) is 11.3. The molecule has 1 N–H and O–H groups in total. The largest absolute Gasteiger partial charge is 0.324 e. The molecule has 144 valence electrons. The van der Waals surface area contributed by atoms with E-state index in [1.165, 1.54) is 32.1 Å². The summed E-state index contributed by atoms with van der Waals surface area (Å²) in [5.41, 5.74) is 0.886. The van der Waals surface area contributed by atoms with E-state index >= 15 is 0 Å². The number of amides is 2. The fourth-order valence-corrected chi connectivity index (χ4v) is 3.25. The number of rotatable bonds is 7. The highest BCUT2D eigenvalue weighted by Gasteiger charge is 2.21. The summed E-state index contributed by atoms with van der Waals surface area (Å²) < 4.78 is 0. The van der Waals surface area contributed by atoms with Gasteiger partial charge in [0.2, 0.25) is 0 Å². The maximum Gasteiger partial charge on any atom is 0.324 e. The fourth-order valence-electron chi connectivity index (χ4n) is 3.25. The third-order valence-corrected chi connectivity index (χ3v) is 4.77. The molecule has 1 aromatic rings. The second-order valence-electron chi connectivity index (χ2n) is 6.43. The first-order valence-corrected chi connectivity index (χ1v) is 8.79. The Bertz CT molecular complexity index is 469. The van der Waals surface area contributed by atoms with Crippen molar-refractivity contribution in [3.05, 3.63) is 24.5 Å². The van der Waals surface area contributed by atoms with Crippen molar-refractivity contribution in [1.29, 1.82) is 0 Å². The number of pyridine rings is 1. The average molecular weight is 391 g/mol. The van der Waals surface area contributed by atoms with Crippen molar-refractivity contribution in [3.8, 4) is 0 Å². The van der Waals surface area contributed by atoms with Crippen LogP contribution >= 0.6 is 24.8 Å². The average Bonchev–Trinajstić information content (AvgIpc) is 2.62. The lowest BCUT2D eigenvalue weighted by Crippen LogP contribution is -2.44. The number of carbonyl (C=O) groups excluding carboxylic acids is 1. The number of nitrogens with zero attached hydrogens (tertiary/aromatic N) is 3. The van der Waals surface area contributed by atoms with E-state index in [4.69, 9.17) is 0 Å². The monoisotopic (exact) mass is 390 g/mol. The molecule has 0 atom stereocenters. The Kier molecular flexibility index (Phi) is 12.7. The molecule has 0 bridgehead atoms. The van der Waals surface area contributed by atoms with Gasteiger partial charge in [-0.3, -0.25) is 9.88 Å². The van der Waals surface area contributed by atoms with Crippen LogP contribution in [0.15, 0.2) is 24.5 Å². The van der Waals surface area contributed by atoms with Gasteiger partial charge in [0.05, 0.1) is 0 Å². The molecule has 2 amide bonds. The predicted molar refractivity (Wildman–Crippen MR) is 109 cm³/mol. The van der Waals surface area contributed by atoms with Crippen molar-refractivity contribution >= 4 is 36.5 Å². The summed E-state index contributed by atoms with van der Waals surface area (Å²) in [6.45, 7) is 2.42. The van der Waals surface area contributed by atoms with Gasteiger partial charge in [0.25, 0.3) is 0 Å². The van der Waals surface area contributed by atoms with Gasteiger partial charge < -0.3 is 10.2 Å². The Morgan fingerprint density at radius 3 is 2.40 bits per heavy atom. The van der Waals surface area contributed by atoms with Crippen LogP contribution in [0.1, 0.15) is 38.5 Å². The van der Waals surface area contributed by atoms with Crippen LogP contribution in [-0.4, -0.2) is 49.6 Å². The van der Waals surface area contributed by atoms with Gasteiger partial charge in [-0.1, -0.05) is 32.1 Å². The standard InChI is InChI=1S/C18H30N4O.2ClH/c1-19-13-15-22(14-10-16-6-4-3-5-7-16)18(23)21(2)17-8-11-20-12-9-17;;/h8-9,11-12,16,19H,3-7,10,13-15H2,1-2H3;2*1H. The molecule has 0 spiro atoms. The summed E-state index contributed by atoms with van der Waals surface area (Å²) in [5.74, 6) is 0.792. The van der Waals surface area contributed by atoms with Crippen LogP contribution < -0.4 is 10.2 Å². The molecule has 25 heavy (non-hydrogen) atoms. The Morgan fingerprint density at radius 2 is 1.80 bits per heavy atom. The summed E-state index contributed by atoms with van der Waals surface area (Å²) >= 11 is 0. The first-order chi connectivity index (χ1) is 11.2. The van der Waals surface area contributed by atoms with Crippen molar-refractivity contribution in [2.75, 3.05) is 38.6 Å². The van der Waals surface area contributed by atoms with E-state index < -0.39 is 0 Å². The zero-order valence-corrected chi connectivity index (χ0v) is 17.0. The third-order valence-electron chi connectivity index (χ3n) is 4.77. The Balaban J connectivity index is 0.00000288. The SMILES string of the molecule is CNCCN(CCC1CCCCC1)C(=O)N(C)c1ccncc1.Cl.Cl. The molecule has 0 aromatic carbocycles. The number of anilines is 1. The molecule has 1 aliphatic rings. The van der Waals surface area contributed by atoms with Crippen LogP contribution in [0, 0.1) is 5.92 Å². The van der Waals surface area contributed by atoms with E-state index in [9.17, 15) is 4.79 Å². The number of nitrogens with one attached hydrogen (secondary N) is 1.